The number of aromatic amines is 1. The van der Waals surface area contributed by atoms with E-state index < -0.39 is 0 Å². The molecule has 0 atom stereocenters. The quantitative estimate of drug-likeness (QED) is 0.646. The van der Waals surface area contributed by atoms with Crippen molar-refractivity contribution in [2.45, 2.75) is 33.1 Å². The summed E-state index contributed by atoms with van der Waals surface area (Å²) in [5, 5.41) is 1.33. The van der Waals surface area contributed by atoms with Gasteiger partial charge in [0.1, 0.15) is 0 Å². The van der Waals surface area contributed by atoms with Crippen LogP contribution in [-0.4, -0.2) is 4.98 Å². The number of H-pyrrole nitrogens is 1. The predicted molar refractivity (Wildman–Crippen MR) is 61.7 cm³/mol. The lowest BCUT2D eigenvalue weighted by Gasteiger charge is -2.19. The Bertz CT molecular complexity index is 458. The van der Waals surface area contributed by atoms with Gasteiger partial charge in [-0.15, -0.1) is 0 Å². The van der Waals surface area contributed by atoms with Crippen LogP contribution >= 0.6 is 0 Å². The molecule has 0 bridgehead atoms. The molecule has 1 N–H and O–H groups in total. The van der Waals surface area contributed by atoms with E-state index in [1.807, 2.05) is 6.20 Å². The van der Waals surface area contributed by atoms with Crippen molar-refractivity contribution in [1.82, 2.24) is 4.98 Å². The fourth-order valence-electron chi connectivity index (χ4n) is 1.79. The van der Waals surface area contributed by atoms with Gasteiger partial charge in [-0.1, -0.05) is 26.8 Å². The lowest BCUT2D eigenvalue weighted by molar-refractivity contribution is 0.590. The lowest BCUT2D eigenvalue weighted by Crippen LogP contribution is -2.11. The highest BCUT2D eigenvalue weighted by Crippen LogP contribution is 2.27. The van der Waals surface area contributed by atoms with Crippen LogP contribution < -0.4 is 0 Å². The van der Waals surface area contributed by atoms with Crippen LogP contribution in [0.15, 0.2) is 24.4 Å². The molecule has 14 heavy (non-hydrogen) atoms. The minimum atomic E-state index is 0.226. The smallest absolute Gasteiger partial charge is 0.0459 e. The Hall–Kier alpha value is -1.24. The Morgan fingerprint density at radius 3 is 2.50 bits per heavy atom. The number of rotatable bonds is 0. The van der Waals surface area contributed by atoms with Crippen LogP contribution in [0.5, 0.6) is 0 Å². The third kappa shape index (κ3) is 1.43. The first-order valence-electron chi connectivity index (χ1n) is 5.07. The first-order valence-corrected chi connectivity index (χ1v) is 5.07. The normalized spacial score (nSPS) is 12.3. The Kier molecular flexibility index (Phi) is 1.91. The third-order valence-electron chi connectivity index (χ3n) is 2.74. The fraction of sp³-hybridized carbons (Fsp3) is 0.385. The van der Waals surface area contributed by atoms with Crippen LogP contribution in [0.2, 0.25) is 0 Å². The van der Waals surface area contributed by atoms with Crippen molar-refractivity contribution < 1.29 is 0 Å². The molecule has 2 rings (SSSR count). The maximum atomic E-state index is 3.27. The summed E-state index contributed by atoms with van der Waals surface area (Å²) in [6.45, 7) is 8.91. The molecule has 0 saturated heterocycles. The number of fused-ring (bicyclic) bond motifs is 1. The Balaban J connectivity index is 2.70. The average molecular weight is 187 g/mol. The summed E-state index contributed by atoms with van der Waals surface area (Å²) in [6.07, 6.45) is 2.00. The van der Waals surface area contributed by atoms with Gasteiger partial charge in [-0.2, -0.15) is 0 Å². The summed E-state index contributed by atoms with van der Waals surface area (Å²) >= 11 is 0. The van der Waals surface area contributed by atoms with Crippen LogP contribution in [0.3, 0.4) is 0 Å². The second-order valence-electron chi connectivity index (χ2n) is 4.98. The zero-order valence-electron chi connectivity index (χ0n) is 9.31. The maximum absolute atomic E-state index is 3.27. The van der Waals surface area contributed by atoms with Gasteiger partial charge in [-0.25, -0.2) is 0 Å². The van der Waals surface area contributed by atoms with Gasteiger partial charge in [0, 0.05) is 17.1 Å². The molecule has 1 aromatic heterocycles. The van der Waals surface area contributed by atoms with E-state index in [2.05, 4.69) is 50.9 Å². The van der Waals surface area contributed by atoms with Crippen LogP contribution in [0, 0.1) is 6.92 Å². The predicted octanol–water partition coefficient (Wildman–Crippen LogP) is 3.77. The molecular weight excluding hydrogens is 170 g/mol. The van der Waals surface area contributed by atoms with Gasteiger partial charge in [0.2, 0.25) is 0 Å². The van der Waals surface area contributed by atoms with Crippen molar-refractivity contribution in [3.8, 4) is 0 Å². The van der Waals surface area contributed by atoms with Crippen molar-refractivity contribution in [1.29, 1.82) is 0 Å². The van der Waals surface area contributed by atoms with Gasteiger partial charge in [-0.05, 0) is 35.6 Å². The number of benzene rings is 1. The standard InChI is InChI=1S/C13H17N/c1-9-7-10(13(2,3)4)8-12-11(9)5-6-14-12/h5-8,14H,1-4H3. The molecule has 0 aliphatic carbocycles. The number of aryl methyl sites for hydroxylation is 1. The zero-order chi connectivity index (χ0) is 10.3. The van der Waals surface area contributed by atoms with E-state index in [9.17, 15) is 0 Å². The summed E-state index contributed by atoms with van der Waals surface area (Å²) in [5.74, 6) is 0. The van der Waals surface area contributed by atoms with E-state index in [4.69, 9.17) is 0 Å². The summed E-state index contributed by atoms with van der Waals surface area (Å²) in [4.78, 5) is 3.27. The second-order valence-corrected chi connectivity index (χ2v) is 4.98. The van der Waals surface area contributed by atoms with E-state index in [0.717, 1.165) is 0 Å². The first kappa shape index (κ1) is 9.32. The van der Waals surface area contributed by atoms with Gasteiger partial charge in [0.25, 0.3) is 0 Å². The van der Waals surface area contributed by atoms with E-state index in [1.165, 1.54) is 22.0 Å². The van der Waals surface area contributed by atoms with Gasteiger partial charge in [-0.3, -0.25) is 0 Å². The monoisotopic (exact) mass is 187 g/mol. The Morgan fingerprint density at radius 1 is 1.14 bits per heavy atom. The summed E-state index contributed by atoms with van der Waals surface area (Å²) in [7, 11) is 0. The minimum absolute atomic E-state index is 0.226. The molecule has 2 aromatic rings. The molecule has 0 unspecified atom stereocenters. The highest BCUT2D eigenvalue weighted by molar-refractivity contribution is 5.83. The van der Waals surface area contributed by atoms with Crippen molar-refractivity contribution in [3.05, 3.63) is 35.5 Å². The topological polar surface area (TPSA) is 15.8 Å². The molecule has 0 saturated carbocycles. The molecule has 1 aromatic carbocycles. The highest BCUT2D eigenvalue weighted by atomic mass is 14.7. The number of hydrogen-bond acceptors (Lipinski definition) is 0. The fourth-order valence-corrected chi connectivity index (χ4v) is 1.79. The zero-order valence-corrected chi connectivity index (χ0v) is 9.31. The molecule has 1 heterocycles. The van der Waals surface area contributed by atoms with Crippen molar-refractivity contribution in [2.75, 3.05) is 0 Å². The molecular formula is C13H17N. The van der Waals surface area contributed by atoms with Crippen LogP contribution in [-0.2, 0) is 5.41 Å². The summed E-state index contributed by atoms with van der Waals surface area (Å²) in [5.41, 5.74) is 4.22. The minimum Gasteiger partial charge on any atom is -0.361 e. The van der Waals surface area contributed by atoms with E-state index in [1.54, 1.807) is 0 Å². The van der Waals surface area contributed by atoms with E-state index >= 15 is 0 Å². The van der Waals surface area contributed by atoms with Crippen molar-refractivity contribution in [3.63, 3.8) is 0 Å². The molecule has 1 heteroatoms. The summed E-state index contributed by atoms with van der Waals surface area (Å²) < 4.78 is 0. The molecule has 1 nitrogen and oxygen atoms in total. The van der Waals surface area contributed by atoms with E-state index in [0.29, 0.717) is 0 Å². The van der Waals surface area contributed by atoms with Gasteiger partial charge in [0.05, 0.1) is 0 Å². The third-order valence-corrected chi connectivity index (χ3v) is 2.74. The average Bonchev–Trinajstić information content (AvgIpc) is 2.50. The van der Waals surface area contributed by atoms with Crippen molar-refractivity contribution >= 4 is 10.9 Å². The van der Waals surface area contributed by atoms with E-state index in [-0.39, 0.29) is 5.41 Å². The van der Waals surface area contributed by atoms with Crippen LogP contribution in [0.25, 0.3) is 10.9 Å². The number of aromatic nitrogens is 1. The largest absolute Gasteiger partial charge is 0.361 e. The SMILES string of the molecule is Cc1cc(C(C)(C)C)cc2[nH]ccc12. The van der Waals surface area contributed by atoms with Gasteiger partial charge >= 0.3 is 0 Å². The Labute approximate surface area is 85.1 Å². The molecule has 74 valence electrons. The number of nitrogens with one attached hydrogen (secondary N) is 1. The number of hydrogen-bond donors (Lipinski definition) is 1. The van der Waals surface area contributed by atoms with Crippen LogP contribution in [0.4, 0.5) is 0 Å². The molecule has 0 spiro atoms. The lowest BCUT2D eigenvalue weighted by atomic mass is 9.85. The molecule has 0 radical (unpaired) electrons. The molecule has 0 aliphatic heterocycles. The van der Waals surface area contributed by atoms with Crippen molar-refractivity contribution in [2.24, 2.45) is 0 Å². The van der Waals surface area contributed by atoms with Crippen LogP contribution in [0.1, 0.15) is 31.9 Å². The Morgan fingerprint density at radius 2 is 1.86 bits per heavy atom. The summed E-state index contributed by atoms with van der Waals surface area (Å²) in [6, 6.07) is 6.68. The second kappa shape index (κ2) is 2.88. The first-order chi connectivity index (χ1) is 6.48. The molecule has 0 aliphatic rings. The van der Waals surface area contributed by atoms with Gasteiger partial charge < -0.3 is 4.98 Å². The van der Waals surface area contributed by atoms with Gasteiger partial charge in [0.15, 0.2) is 0 Å². The molecule has 0 fully saturated rings. The highest BCUT2D eigenvalue weighted by Gasteiger charge is 2.15. The molecule has 0 amide bonds. The maximum Gasteiger partial charge on any atom is 0.0459 e.